The zero-order chi connectivity index (χ0) is 26.7. The number of methoxy groups -OCH3 is 1. The molecule has 3 aromatic carbocycles. The molecule has 0 aliphatic rings. The van der Waals surface area contributed by atoms with Crippen LogP contribution in [0.5, 0.6) is 5.75 Å². The summed E-state index contributed by atoms with van der Waals surface area (Å²) in [6, 6.07) is 16.5. The second-order valence-electron chi connectivity index (χ2n) is 7.93. The SMILES string of the molecule is COc1ccc(NC(=O)C(C)Sc2nc3ccc(Br)cc3c(=O)n2Cc2ccccc2Cl)c([N+](=O)[O-])c1. The molecule has 0 bridgehead atoms. The van der Waals surface area contributed by atoms with Crippen LogP contribution in [-0.2, 0) is 11.3 Å². The quantitative estimate of drug-likeness (QED) is 0.115. The molecule has 0 radical (unpaired) electrons. The molecule has 0 fully saturated rings. The Morgan fingerprint density at radius 2 is 2.00 bits per heavy atom. The lowest BCUT2D eigenvalue weighted by atomic mass is 10.2. The van der Waals surface area contributed by atoms with Crippen LogP contribution in [-0.4, -0.2) is 32.7 Å². The number of ether oxygens (including phenoxy) is 1. The van der Waals surface area contributed by atoms with Gasteiger partial charge in [-0.3, -0.25) is 24.3 Å². The highest BCUT2D eigenvalue weighted by Gasteiger charge is 2.23. The number of aromatic nitrogens is 2. The maximum atomic E-state index is 13.5. The Morgan fingerprint density at radius 3 is 2.70 bits per heavy atom. The van der Waals surface area contributed by atoms with Crippen LogP contribution >= 0.6 is 39.3 Å². The number of rotatable bonds is 8. The molecule has 0 spiro atoms. The minimum Gasteiger partial charge on any atom is -0.496 e. The molecule has 12 heteroatoms. The summed E-state index contributed by atoms with van der Waals surface area (Å²) >= 11 is 10.8. The Morgan fingerprint density at radius 1 is 1.24 bits per heavy atom. The van der Waals surface area contributed by atoms with E-state index >= 15 is 0 Å². The summed E-state index contributed by atoms with van der Waals surface area (Å²) in [5.74, 6) is -0.199. The van der Waals surface area contributed by atoms with Crippen LogP contribution in [0.25, 0.3) is 10.9 Å². The van der Waals surface area contributed by atoms with Crippen LogP contribution in [0.1, 0.15) is 12.5 Å². The Hall–Kier alpha value is -3.41. The standard InChI is InChI=1S/C25H20BrClN4O5S/c1-14(23(32)28-21-10-8-17(36-2)12-22(21)31(34)35)37-25-29-20-9-7-16(26)11-18(20)24(33)30(25)13-15-5-3-4-6-19(15)27/h3-12,14H,13H2,1-2H3,(H,28,32). The van der Waals surface area contributed by atoms with Crippen molar-refractivity contribution >= 4 is 67.5 Å². The minimum atomic E-state index is -0.751. The second kappa shape index (κ2) is 11.3. The number of nitro groups is 1. The van der Waals surface area contributed by atoms with Gasteiger partial charge in [-0.1, -0.05) is 57.5 Å². The summed E-state index contributed by atoms with van der Waals surface area (Å²) in [4.78, 5) is 42.1. The lowest BCUT2D eigenvalue weighted by Crippen LogP contribution is -2.27. The third kappa shape index (κ3) is 5.95. The molecule has 1 N–H and O–H groups in total. The summed E-state index contributed by atoms with van der Waals surface area (Å²) in [5, 5.41) is 14.6. The largest absolute Gasteiger partial charge is 0.496 e. The van der Waals surface area contributed by atoms with Crippen molar-refractivity contribution in [3.05, 3.63) is 96.2 Å². The van der Waals surface area contributed by atoms with Gasteiger partial charge < -0.3 is 10.1 Å². The van der Waals surface area contributed by atoms with E-state index in [1.54, 1.807) is 37.3 Å². The van der Waals surface area contributed by atoms with E-state index in [2.05, 4.69) is 26.2 Å². The van der Waals surface area contributed by atoms with Gasteiger partial charge in [0.2, 0.25) is 5.91 Å². The molecule has 1 atom stereocenters. The number of benzene rings is 3. The monoisotopic (exact) mass is 602 g/mol. The summed E-state index contributed by atoms with van der Waals surface area (Å²) in [6.45, 7) is 1.78. The average molecular weight is 604 g/mol. The van der Waals surface area contributed by atoms with Crippen molar-refractivity contribution in [2.75, 3.05) is 12.4 Å². The number of nitro benzene ring substituents is 1. The Labute approximate surface area is 229 Å². The number of anilines is 1. The first kappa shape index (κ1) is 26.6. The molecule has 0 saturated heterocycles. The number of carbonyl (C=O) groups is 1. The highest BCUT2D eigenvalue weighted by molar-refractivity contribution is 9.10. The van der Waals surface area contributed by atoms with E-state index in [4.69, 9.17) is 16.3 Å². The molecule has 0 aliphatic carbocycles. The zero-order valence-electron chi connectivity index (χ0n) is 19.6. The Bertz CT molecular complexity index is 1580. The van der Waals surface area contributed by atoms with E-state index in [0.717, 1.165) is 21.8 Å². The van der Waals surface area contributed by atoms with Gasteiger partial charge in [-0.25, -0.2) is 4.98 Å². The normalized spacial score (nSPS) is 11.8. The van der Waals surface area contributed by atoms with Crippen molar-refractivity contribution in [2.45, 2.75) is 23.9 Å². The molecule has 9 nitrogen and oxygen atoms in total. The first-order chi connectivity index (χ1) is 17.7. The number of fused-ring (bicyclic) bond motifs is 1. The van der Waals surface area contributed by atoms with E-state index in [-0.39, 0.29) is 23.5 Å². The average Bonchev–Trinajstić information content (AvgIpc) is 2.87. The highest BCUT2D eigenvalue weighted by Crippen LogP contribution is 2.31. The van der Waals surface area contributed by atoms with Crippen LogP contribution in [0.3, 0.4) is 0 Å². The van der Waals surface area contributed by atoms with Gasteiger partial charge in [-0.2, -0.15) is 0 Å². The van der Waals surface area contributed by atoms with Gasteiger partial charge in [0.25, 0.3) is 11.2 Å². The van der Waals surface area contributed by atoms with E-state index in [0.29, 0.717) is 26.8 Å². The van der Waals surface area contributed by atoms with Gasteiger partial charge in [0.15, 0.2) is 5.16 Å². The van der Waals surface area contributed by atoms with Crippen molar-refractivity contribution in [1.29, 1.82) is 0 Å². The number of halogens is 2. The van der Waals surface area contributed by atoms with E-state index in [1.165, 1.54) is 29.9 Å². The molecule has 1 unspecified atom stereocenters. The zero-order valence-corrected chi connectivity index (χ0v) is 22.8. The number of carbonyl (C=O) groups excluding carboxylic acids is 1. The number of amides is 1. The molecule has 4 aromatic rings. The molecule has 1 amide bonds. The van der Waals surface area contributed by atoms with Gasteiger partial charge in [-0.05, 0) is 48.9 Å². The molecule has 37 heavy (non-hydrogen) atoms. The first-order valence-corrected chi connectivity index (χ1v) is 13.0. The van der Waals surface area contributed by atoms with Crippen molar-refractivity contribution in [2.24, 2.45) is 0 Å². The van der Waals surface area contributed by atoms with Gasteiger partial charge in [0, 0.05) is 9.50 Å². The van der Waals surface area contributed by atoms with Gasteiger partial charge >= 0.3 is 0 Å². The predicted octanol–water partition coefficient (Wildman–Crippen LogP) is 5.90. The molecular weight excluding hydrogens is 584 g/mol. The number of hydrogen-bond acceptors (Lipinski definition) is 7. The Kier molecular flexibility index (Phi) is 8.16. The number of nitrogens with one attached hydrogen (secondary N) is 1. The van der Waals surface area contributed by atoms with Crippen LogP contribution in [0.15, 0.2) is 75.1 Å². The molecule has 0 aliphatic heterocycles. The number of hydrogen-bond donors (Lipinski definition) is 1. The predicted molar refractivity (Wildman–Crippen MR) is 148 cm³/mol. The van der Waals surface area contributed by atoms with Gasteiger partial charge in [-0.15, -0.1) is 0 Å². The van der Waals surface area contributed by atoms with Crippen LogP contribution in [0.4, 0.5) is 11.4 Å². The van der Waals surface area contributed by atoms with Crippen molar-refractivity contribution in [1.82, 2.24) is 9.55 Å². The molecule has 1 aromatic heterocycles. The number of thioether (sulfide) groups is 1. The maximum Gasteiger partial charge on any atom is 0.296 e. The van der Waals surface area contributed by atoms with Crippen LogP contribution in [0, 0.1) is 10.1 Å². The summed E-state index contributed by atoms with van der Waals surface area (Å²) in [5.41, 5.74) is 0.648. The maximum absolute atomic E-state index is 13.5. The lowest BCUT2D eigenvalue weighted by molar-refractivity contribution is -0.384. The van der Waals surface area contributed by atoms with Crippen LogP contribution < -0.4 is 15.6 Å². The van der Waals surface area contributed by atoms with Gasteiger partial charge in [0.1, 0.15) is 11.4 Å². The van der Waals surface area contributed by atoms with E-state index < -0.39 is 16.1 Å². The fourth-order valence-electron chi connectivity index (χ4n) is 3.54. The first-order valence-electron chi connectivity index (χ1n) is 10.9. The van der Waals surface area contributed by atoms with Crippen molar-refractivity contribution in [3.8, 4) is 5.75 Å². The topological polar surface area (TPSA) is 116 Å². The number of nitrogens with zero attached hydrogens (tertiary/aromatic N) is 3. The molecule has 0 saturated carbocycles. The second-order valence-corrected chi connectivity index (χ2v) is 10.6. The highest BCUT2D eigenvalue weighted by atomic mass is 79.9. The lowest BCUT2D eigenvalue weighted by Gasteiger charge is -2.17. The Balaban J connectivity index is 1.69. The molecule has 190 valence electrons. The van der Waals surface area contributed by atoms with Crippen LogP contribution in [0.2, 0.25) is 5.02 Å². The minimum absolute atomic E-state index is 0.0352. The van der Waals surface area contributed by atoms with Crippen molar-refractivity contribution < 1.29 is 14.5 Å². The fraction of sp³-hybridized carbons (Fsp3) is 0.160. The summed E-state index contributed by atoms with van der Waals surface area (Å²) in [6.07, 6.45) is 0. The molecule has 1 heterocycles. The smallest absolute Gasteiger partial charge is 0.296 e. The molecular formula is C25H20BrClN4O5S. The summed E-state index contributed by atoms with van der Waals surface area (Å²) in [7, 11) is 1.40. The van der Waals surface area contributed by atoms with Crippen molar-refractivity contribution in [3.63, 3.8) is 0 Å². The third-order valence-corrected chi connectivity index (χ3v) is 7.43. The summed E-state index contributed by atoms with van der Waals surface area (Å²) < 4.78 is 7.25. The van der Waals surface area contributed by atoms with E-state index in [1.807, 2.05) is 12.1 Å². The van der Waals surface area contributed by atoms with Gasteiger partial charge in [0.05, 0.1) is 40.8 Å². The third-order valence-electron chi connectivity index (χ3n) is 5.48. The fourth-order valence-corrected chi connectivity index (χ4v) is 5.00. The molecule has 4 rings (SSSR count). The van der Waals surface area contributed by atoms with E-state index in [9.17, 15) is 19.7 Å².